The fourth-order valence-corrected chi connectivity index (χ4v) is 5.69. The number of anilines is 1. The molecular weight excluding hydrogens is 560 g/mol. The van der Waals surface area contributed by atoms with Crippen LogP contribution in [-0.4, -0.2) is 75.2 Å². The van der Waals surface area contributed by atoms with Crippen molar-refractivity contribution >= 4 is 43.5 Å². The molecule has 1 saturated heterocycles. The molecule has 4 N–H and O–H groups in total. The number of sulfone groups is 1. The summed E-state index contributed by atoms with van der Waals surface area (Å²) >= 11 is 0. The fourth-order valence-electron chi connectivity index (χ4n) is 5.06. The number of rotatable bonds is 8. The number of hydrogen-bond acceptors (Lipinski definition) is 10. The van der Waals surface area contributed by atoms with Gasteiger partial charge < -0.3 is 25.6 Å². The highest BCUT2D eigenvalue weighted by atomic mass is 32.2. The molecule has 216 valence electrons. The number of fused-ring (bicyclic) bond motifs is 2. The molecule has 0 spiro atoms. The zero-order valence-electron chi connectivity index (χ0n) is 22.5. The first-order valence-corrected chi connectivity index (χ1v) is 15.1. The number of aliphatic hydroxyl groups is 2. The topological polar surface area (TPSA) is 169 Å². The van der Waals surface area contributed by atoms with Crippen LogP contribution >= 0.6 is 0 Å². The van der Waals surface area contributed by atoms with Gasteiger partial charge in [-0.05, 0) is 40.6 Å². The second kappa shape index (κ2) is 11.1. The van der Waals surface area contributed by atoms with Gasteiger partial charge in [0.05, 0.1) is 17.8 Å². The molecule has 0 aliphatic carbocycles. The van der Waals surface area contributed by atoms with Crippen molar-refractivity contribution in [2.24, 2.45) is 0 Å². The lowest BCUT2D eigenvalue weighted by atomic mass is 10.0. The van der Waals surface area contributed by atoms with Crippen LogP contribution in [0, 0.1) is 0 Å². The standard InChI is InChI=1S/C29H28N6O6S/c1-42(39,40)21-10-6-17(7-11-21)13-30-26-24-27(32-15-31-26)35(16-33-24)29-23(25(37)22(14-36)41-29)34-28(38)20-9-8-18-4-2-3-5-19(18)12-20/h2-12,15-16,22-23,25,29,36-37H,13-14H2,1H3,(H,34,38)(H,30,31,32)/t22-,23-,25-,29-/m1/s1. The summed E-state index contributed by atoms with van der Waals surface area (Å²) < 4.78 is 31.0. The highest BCUT2D eigenvalue weighted by Gasteiger charge is 2.46. The van der Waals surface area contributed by atoms with Gasteiger partial charge in [-0.1, -0.05) is 42.5 Å². The number of carbonyl (C=O) groups excluding carboxylic acids is 1. The number of amides is 1. The minimum Gasteiger partial charge on any atom is -0.394 e. The van der Waals surface area contributed by atoms with Gasteiger partial charge in [-0.3, -0.25) is 9.36 Å². The molecule has 1 aliphatic heterocycles. The van der Waals surface area contributed by atoms with Crippen LogP contribution in [0.15, 0.2) is 84.3 Å². The predicted molar refractivity (Wildman–Crippen MR) is 154 cm³/mol. The van der Waals surface area contributed by atoms with Crippen molar-refractivity contribution in [2.75, 3.05) is 18.2 Å². The number of benzene rings is 3. The molecule has 5 aromatic rings. The molecule has 3 aromatic carbocycles. The molecule has 0 saturated carbocycles. The Morgan fingerprint density at radius 3 is 2.52 bits per heavy atom. The van der Waals surface area contributed by atoms with Crippen molar-refractivity contribution in [3.8, 4) is 0 Å². The number of carbonyl (C=O) groups is 1. The van der Waals surface area contributed by atoms with E-state index in [4.69, 9.17) is 4.74 Å². The third-order valence-electron chi connectivity index (χ3n) is 7.30. The van der Waals surface area contributed by atoms with E-state index >= 15 is 0 Å². The molecular formula is C29H28N6O6S. The molecule has 3 heterocycles. The average Bonchev–Trinajstić information content (AvgIpc) is 3.56. The first-order chi connectivity index (χ1) is 20.2. The maximum absolute atomic E-state index is 13.3. The summed E-state index contributed by atoms with van der Waals surface area (Å²) in [5, 5.41) is 28.8. The van der Waals surface area contributed by atoms with E-state index < -0.39 is 46.8 Å². The summed E-state index contributed by atoms with van der Waals surface area (Å²) in [4.78, 5) is 26.6. The van der Waals surface area contributed by atoms with Gasteiger partial charge >= 0.3 is 0 Å². The normalized spacial score (nSPS) is 20.6. The quantitative estimate of drug-likeness (QED) is 0.210. The predicted octanol–water partition coefficient (Wildman–Crippen LogP) is 2.04. The van der Waals surface area contributed by atoms with E-state index in [1.807, 2.05) is 30.3 Å². The Labute approximate surface area is 240 Å². The highest BCUT2D eigenvalue weighted by molar-refractivity contribution is 7.90. The lowest BCUT2D eigenvalue weighted by Crippen LogP contribution is -2.46. The molecule has 2 aromatic heterocycles. The molecule has 0 radical (unpaired) electrons. The summed E-state index contributed by atoms with van der Waals surface area (Å²) in [7, 11) is -3.29. The second-order valence-corrected chi connectivity index (χ2v) is 12.1. The largest absolute Gasteiger partial charge is 0.394 e. The summed E-state index contributed by atoms with van der Waals surface area (Å²) in [5.41, 5.74) is 2.06. The molecule has 0 unspecified atom stereocenters. The number of nitrogens with zero attached hydrogens (tertiary/aromatic N) is 4. The molecule has 0 bridgehead atoms. The van der Waals surface area contributed by atoms with Gasteiger partial charge in [0.1, 0.15) is 24.6 Å². The van der Waals surface area contributed by atoms with Crippen LogP contribution in [0.1, 0.15) is 22.1 Å². The van der Waals surface area contributed by atoms with Gasteiger partial charge in [0.15, 0.2) is 33.0 Å². The monoisotopic (exact) mass is 588 g/mol. The van der Waals surface area contributed by atoms with Crippen molar-refractivity contribution in [3.63, 3.8) is 0 Å². The number of nitrogens with one attached hydrogen (secondary N) is 2. The van der Waals surface area contributed by atoms with E-state index in [1.165, 1.54) is 12.7 Å². The molecule has 13 heteroatoms. The minimum atomic E-state index is -3.29. The number of ether oxygens (including phenoxy) is 1. The van der Waals surface area contributed by atoms with E-state index in [2.05, 4.69) is 25.6 Å². The molecule has 6 rings (SSSR count). The Morgan fingerprint density at radius 1 is 1.02 bits per heavy atom. The maximum Gasteiger partial charge on any atom is 0.251 e. The van der Waals surface area contributed by atoms with Crippen LogP contribution in [-0.2, 0) is 21.1 Å². The Morgan fingerprint density at radius 2 is 1.79 bits per heavy atom. The van der Waals surface area contributed by atoms with E-state index in [0.29, 0.717) is 29.1 Å². The van der Waals surface area contributed by atoms with Crippen LogP contribution in [0.5, 0.6) is 0 Å². The summed E-state index contributed by atoms with van der Waals surface area (Å²) in [5.74, 6) is 0.0280. The third kappa shape index (κ3) is 5.30. The summed E-state index contributed by atoms with van der Waals surface area (Å²) in [6, 6.07) is 18.6. The van der Waals surface area contributed by atoms with Crippen LogP contribution in [0.25, 0.3) is 21.9 Å². The van der Waals surface area contributed by atoms with Crippen molar-refractivity contribution in [1.82, 2.24) is 24.8 Å². The van der Waals surface area contributed by atoms with Crippen LogP contribution < -0.4 is 10.6 Å². The molecule has 1 fully saturated rings. The van der Waals surface area contributed by atoms with Gasteiger partial charge in [0.25, 0.3) is 5.91 Å². The maximum atomic E-state index is 13.3. The second-order valence-electron chi connectivity index (χ2n) is 10.1. The zero-order valence-corrected chi connectivity index (χ0v) is 23.3. The van der Waals surface area contributed by atoms with Crippen LogP contribution in [0.2, 0.25) is 0 Å². The lowest BCUT2D eigenvalue weighted by Gasteiger charge is -2.23. The van der Waals surface area contributed by atoms with Crippen LogP contribution in [0.3, 0.4) is 0 Å². The van der Waals surface area contributed by atoms with Crippen LogP contribution in [0.4, 0.5) is 5.82 Å². The average molecular weight is 589 g/mol. The Balaban J connectivity index is 1.25. The Bertz CT molecular complexity index is 1880. The van der Waals surface area contributed by atoms with Gasteiger partial charge in [0.2, 0.25) is 0 Å². The van der Waals surface area contributed by atoms with E-state index in [1.54, 1.807) is 41.0 Å². The number of imidazole rings is 1. The van der Waals surface area contributed by atoms with Gasteiger partial charge in [-0.25, -0.2) is 23.4 Å². The van der Waals surface area contributed by atoms with Gasteiger partial charge in [-0.2, -0.15) is 0 Å². The number of hydrogen-bond donors (Lipinski definition) is 4. The highest BCUT2D eigenvalue weighted by Crippen LogP contribution is 2.33. The fraction of sp³-hybridized carbons (Fsp3) is 0.241. The van der Waals surface area contributed by atoms with Gasteiger partial charge in [0, 0.05) is 18.4 Å². The minimum absolute atomic E-state index is 0.233. The third-order valence-corrected chi connectivity index (χ3v) is 8.43. The molecule has 1 aliphatic rings. The molecule has 12 nitrogen and oxygen atoms in total. The zero-order chi connectivity index (χ0) is 29.4. The SMILES string of the molecule is CS(=O)(=O)c1ccc(CNc2ncnc3c2ncn3[C@@H]2O[C@H](CO)[C@@H](O)[C@H]2NC(=O)c2ccc3ccccc3c2)cc1. The first kappa shape index (κ1) is 27.7. The van der Waals surface area contributed by atoms with Crippen molar-refractivity contribution in [1.29, 1.82) is 0 Å². The molecule has 1 amide bonds. The Hall–Kier alpha value is -4.43. The summed E-state index contributed by atoms with van der Waals surface area (Å²) in [6.45, 7) is -0.106. The number of aliphatic hydroxyl groups excluding tert-OH is 2. The van der Waals surface area contributed by atoms with Crippen molar-refractivity contribution < 1.29 is 28.2 Å². The van der Waals surface area contributed by atoms with Crippen molar-refractivity contribution in [3.05, 3.63) is 90.5 Å². The Kier molecular flexibility index (Phi) is 7.33. The van der Waals surface area contributed by atoms with E-state index in [-0.39, 0.29) is 4.90 Å². The van der Waals surface area contributed by atoms with E-state index in [9.17, 15) is 23.4 Å². The van der Waals surface area contributed by atoms with Gasteiger partial charge in [-0.15, -0.1) is 0 Å². The molecule has 4 atom stereocenters. The van der Waals surface area contributed by atoms with E-state index in [0.717, 1.165) is 22.6 Å². The number of aromatic nitrogens is 4. The first-order valence-electron chi connectivity index (χ1n) is 13.2. The smallest absolute Gasteiger partial charge is 0.251 e. The summed E-state index contributed by atoms with van der Waals surface area (Å²) in [6.07, 6.45) is 0.937. The molecule has 42 heavy (non-hydrogen) atoms. The van der Waals surface area contributed by atoms with Crippen molar-refractivity contribution in [2.45, 2.75) is 35.9 Å². The lowest BCUT2D eigenvalue weighted by molar-refractivity contribution is -0.0440.